The standard InChI is InChI=1S/C24H22FN3O4/c1-16-13-23(27-28(16)14-17-5-3-4-6-21(17)25)26-24(29)22-12-11-20(32-22)15-31-19-9-7-18(30-2)8-10-19/h3-13H,14-15H2,1-2H3,(H,26,27,29). The molecule has 2 aromatic heterocycles. The van der Waals surface area contributed by atoms with Gasteiger partial charge in [-0.2, -0.15) is 5.10 Å². The normalized spacial score (nSPS) is 10.7. The van der Waals surface area contributed by atoms with Gasteiger partial charge in [0.1, 0.15) is 29.7 Å². The molecule has 0 bridgehead atoms. The van der Waals surface area contributed by atoms with Crippen LogP contribution < -0.4 is 14.8 Å². The summed E-state index contributed by atoms with van der Waals surface area (Å²) in [4.78, 5) is 12.5. The van der Waals surface area contributed by atoms with Crippen molar-refractivity contribution in [2.45, 2.75) is 20.1 Å². The van der Waals surface area contributed by atoms with Gasteiger partial charge >= 0.3 is 0 Å². The minimum atomic E-state index is -0.434. The Morgan fingerprint density at radius 3 is 2.59 bits per heavy atom. The number of ether oxygens (including phenoxy) is 2. The minimum Gasteiger partial charge on any atom is -0.497 e. The summed E-state index contributed by atoms with van der Waals surface area (Å²) in [6.07, 6.45) is 0. The number of carbonyl (C=O) groups is 1. The molecule has 0 spiro atoms. The summed E-state index contributed by atoms with van der Waals surface area (Å²) in [5.74, 6) is 1.66. The van der Waals surface area contributed by atoms with Crippen molar-refractivity contribution >= 4 is 11.7 Å². The molecule has 0 unspecified atom stereocenters. The summed E-state index contributed by atoms with van der Waals surface area (Å²) in [6.45, 7) is 2.28. The first-order valence-corrected chi connectivity index (χ1v) is 9.96. The third-order valence-corrected chi connectivity index (χ3v) is 4.83. The van der Waals surface area contributed by atoms with E-state index in [4.69, 9.17) is 13.9 Å². The van der Waals surface area contributed by atoms with Crippen LogP contribution in [0.15, 0.2) is 71.1 Å². The molecule has 4 rings (SSSR count). The van der Waals surface area contributed by atoms with E-state index in [0.29, 0.717) is 22.9 Å². The number of nitrogens with zero attached hydrogens (tertiary/aromatic N) is 2. The number of furan rings is 1. The van der Waals surface area contributed by atoms with Gasteiger partial charge in [0.05, 0.1) is 13.7 Å². The van der Waals surface area contributed by atoms with E-state index in [2.05, 4.69) is 10.4 Å². The van der Waals surface area contributed by atoms with Crippen LogP contribution in [0.25, 0.3) is 0 Å². The van der Waals surface area contributed by atoms with Crippen LogP contribution in [0.4, 0.5) is 10.2 Å². The molecule has 2 aromatic carbocycles. The number of amides is 1. The smallest absolute Gasteiger partial charge is 0.292 e. The summed E-state index contributed by atoms with van der Waals surface area (Å²) >= 11 is 0. The van der Waals surface area contributed by atoms with Crippen LogP contribution in [0.2, 0.25) is 0 Å². The second kappa shape index (κ2) is 9.38. The van der Waals surface area contributed by atoms with Gasteiger partial charge in [-0.05, 0) is 49.4 Å². The zero-order valence-corrected chi connectivity index (χ0v) is 17.7. The Labute approximate surface area is 184 Å². The van der Waals surface area contributed by atoms with Gasteiger partial charge in [-0.3, -0.25) is 9.48 Å². The average Bonchev–Trinajstić information content (AvgIpc) is 3.41. The lowest BCUT2D eigenvalue weighted by molar-refractivity contribution is 0.0992. The number of aromatic nitrogens is 2. The fraction of sp³-hybridized carbons (Fsp3) is 0.167. The molecule has 2 heterocycles. The van der Waals surface area contributed by atoms with Crippen LogP contribution in [-0.2, 0) is 13.2 Å². The highest BCUT2D eigenvalue weighted by Gasteiger charge is 2.15. The highest BCUT2D eigenvalue weighted by Crippen LogP contribution is 2.19. The monoisotopic (exact) mass is 435 g/mol. The molecule has 0 aliphatic carbocycles. The van der Waals surface area contributed by atoms with E-state index >= 15 is 0 Å². The maximum Gasteiger partial charge on any atom is 0.292 e. The van der Waals surface area contributed by atoms with Gasteiger partial charge in [0, 0.05) is 17.3 Å². The van der Waals surface area contributed by atoms with E-state index in [-0.39, 0.29) is 24.7 Å². The molecular weight excluding hydrogens is 413 g/mol. The van der Waals surface area contributed by atoms with E-state index < -0.39 is 5.91 Å². The summed E-state index contributed by atoms with van der Waals surface area (Å²) in [5, 5.41) is 7.06. The number of methoxy groups -OCH3 is 1. The third-order valence-electron chi connectivity index (χ3n) is 4.83. The molecule has 0 aliphatic heterocycles. The van der Waals surface area contributed by atoms with Crippen LogP contribution in [-0.4, -0.2) is 22.8 Å². The maximum atomic E-state index is 13.9. The molecule has 1 amide bonds. The highest BCUT2D eigenvalue weighted by molar-refractivity contribution is 6.01. The Morgan fingerprint density at radius 1 is 1.09 bits per heavy atom. The van der Waals surface area contributed by atoms with Crippen molar-refractivity contribution in [1.29, 1.82) is 0 Å². The van der Waals surface area contributed by atoms with E-state index in [1.165, 1.54) is 6.07 Å². The molecule has 0 radical (unpaired) electrons. The molecule has 0 saturated heterocycles. The predicted molar refractivity (Wildman–Crippen MR) is 116 cm³/mol. The second-order valence-corrected chi connectivity index (χ2v) is 7.10. The van der Waals surface area contributed by atoms with Crippen LogP contribution in [0.1, 0.15) is 27.6 Å². The lowest BCUT2D eigenvalue weighted by Crippen LogP contribution is -2.12. The third kappa shape index (κ3) is 4.97. The second-order valence-electron chi connectivity index (χ2n) is 7.10. The number of benzene rings is 2. The summed E-state index contributed by atoms with van der Waals surface area (Å²) in [7, 11) is 1.60. The number of nitrogens with one attached hydrogen (secondary N) is 1. The SMILES string of the molecule is COc1ccc(OCc2ccc(C(=O)Nc3cc(C)n(Cc4ccccc4F)n3)o2)cc1. The Hall–Kier alpha value is -4.07. The first-order chi connectivity index (χ1) is 15.5. The Balaban J connectivity index is 1.36. The van der Waals surface area contributed by atoms with Gasteiger partial charge in [0.25, 0.3) is 5.91 Å². The Morgan fingerprint density at radius 2 is 1.84 bits per heavy atom. The Bertz CT molecular complexity index is 1210. The van der Waals surface area contributed by atoms with Gasteiger partial charge in [0.15, 0.2) is 11.6 Å². The van der Waals surface area contributed by atoms with Gasteiger partial charge in [0.2, 0.25) is 0 Å². The summed E-state index contributed by atoms with van der Waals surface area (Å²) < 4.78 is 31.9. The minimum absolute atomic E-state index is 0.139. The van der Waals surface area contributed by atoms with Crippen LogP contribution in [0.5, 0.6) is 11.5 Å². The number of hydrogen-bond acceptors (Lipinski definition) is 5. The molecular formula is C24H22FN3O4. The predicted octanol–water partition coefficient (Wildman–Crippen LogP) is 4.81. The molecule has 8 heteroatoms. The van der Waals surface area contributed by atoms with E-state index in [1.54, 1.807) is 72.5 Å². The fourth-order valence-electron chi connectivity index (χ4n) is 3.10. The van der Waals surface area contributed by atoms with Crippen molar-refractivity contribution in [2.24, 2.45) is 0 Å². The van der Waals surface area contributed by atoms with Gasteiger partial charge < -0.3 is 19.2 Å². The number of hydrogen-bond donors (Lipinski definition) is 1. The zero-order chi connectivity index (χ0) is 22.5. The topological polar surface area (TPSA) is 78.5 Å². The van der Waals surface area contributed by atoms with Crippen molar-refractivity contribution in [3.63, 3.8) is 0 Å². The van der Waals surface area contributed by atoms with Crippen LogP contribution in [0.3, 0.4) is 0 Å². The first-order valence-electron chi connectivity index (χ1n) is 9.96. The summed E-state index contributed by atoms with van der Waals surface area (Å²) in [5.41, 5.74) is 1.31. The van der Waals surface area contributed by atoms with Crippen molar-refractivity contribution < 1.29 is 23.1 Å². The van der Waals surface area contributed by atoms with Crippen molar-refractivity contribution in [2.75, 3.05) is 12.4 Å². The zero-order valence-electron chi connectivity index (χ0n) is 17.7. The number of carbonyl (C=O) groups excluding carboxylic acids is 1. The summed E-state index contributed by atoms with van der Waals surface area (Å²) in [6, 6.07) is 18.7. The number of halogens is 1. The van der Waals surface area contributed by atoms with Crippen LogP contribution in [0, 0.1) is 12.7 Å². The Kier molecular flexibility index (Phi) is 6.21. The van der Waals surface area contributed by atoms with E-state index in [1.807, 2.05) is 6.92 Å². The van der Waals surface area contributed by atoms with E-state index in [9.17, 15) is 9.18 Å². The molecule has 0 aliphatic rings. The number of aryl methyl sites for hydroxylation is 1. The quantitative estimate of drug-likeness (QED) is 0.430. The molecule has 164 valence electrons. The molecule has 0 saturated carbocycles. The lowest BCUT2D eigenvalue weighted by atomic mass is 10.2. The number of rotatable bonds is 8. The first kappa shape index (κ1) is 21.2. The van der Waals surface area contributed by atoms with Gasteiger partial charge in [-0.15, -0.1) is 0 Å². The number of anilines is 1. The van der Waals surface area contributed by atoms with Gasteiger partial charge in [-0.1, -0.05) is 18.2 Å². The molecule has 0 fully saturated rings. The molecule has 32 heavy (non-hydrogen) atoms. The van der Waals surface area contributed by atoms with Gasteiger partial charge in [-0.25, -0.2) is 4.39 Å². The molecule has 4 aromatic rings. The lowest BCUT2D eigenvalue weighted by Gasteiger charge is -2.05. The molecule has 1 N–H and O–H groups in total. The van der Waals surface area contributed by atoms with Crippen LogP contribution >= 0.6 is 0 Å². The average molecular weight is 435 g/mol. The maximum absolute atomic E-state index is 13.9. The highest BCUT2D eigenvalue weighted by atomic mass is 19.1. The fourth-order valence-corrected chi connectivity index (χ4v) is 3.10. The van der Waals surface area contributed by atoms with E-state index in [0.717, 1.165) is 11.4 Å². The largest absolute Gasteiger partial charge is 0.497 e. The molecule has 0 atom stereocenters. The van der Waals surface area contributed by atoms with Crippen molar-refractivity contribution in [3.05, 3.63) is 95.3 Å². The molecule has 7 nitrogen and oxygen atoms in total. The van der Waals surface area contributed by atoms with Crippen molar-refractivity contribution in [3.8, 4) is 11.5 Å². The van der Waals surface area contributed by atoms with Crippen molar-refractivity contribution in [1.82, 2.24) is 9.78 Å².